The van der Waals surface area contributed by atoms with Crippen LogP contribution < -0.4 is 5.32 Å². The monoisotopic (exact) mass is 247 g/mol. The lowest BCUT2D eigenvalue weighted by Crippen LogP contribution is -2.42. The summed E-state index contributed by atoms with van der Waals surface area (Å²) in [6, 6.07) is 0.430. The largest absolute Gasteiger partial charge is 0.378 e. The van der Waals surface area contributed by atoms with Crippen molar-refractivity contribution in [3.05, 3.63) is 0 Å². The standard InChI is InChI=1S/C11H21NO3S/c1-9-7-10(4-5-15-9)12-8-11-3-2-6-16(11,13)14/h9-12H,2-8H2,1H3. The Labute approximate surface area is 97.7 Å². The summed E-state index contributed by atoms with van der Waals surface area (Å²) in [6.45, 7) is 3.48. The molecule has 0 saturated carbocycles. The minimum absolute atomic E-state index is 0.148. The van der Waals surface area contributed by atoms with Crippen LogP contribution in [0.25, 0.3) is 0 Å². The van der Waals surface area contributed by atoms with Gasteiger partial charge in [-0.25, -0.2) is 8.42 Å². The van der Waals surface area contributed by atoms with E-state index >= 15 is 0 Å². The van der Waals surface area contributed by atoms with Gasteiger partial charge in [-0.3, -0.25) is 0 Å². The molecule has 0 aliphatic carbocycles. The Morgan fingerprint density at radius 2 is 2.19 bits per heavy atom. The molecule has 3 unspecified atom stereocenters. The molecule has 16 heavy (non-hydrogen) atoms. The maximum atomic E-state index is 11.6. The van der Waals surface area contributed by atoms with Crippen LogP contribution in [0.3, 0.4) is 0 Å². The van der Waals surface area contributed by atoms with Gasteiger partial charge in [0.2, 0.25) is 0 Å². The van der Waals surface area contributed by atoms with Crippen molar-refractivity contribution in [1.29, 1.82) is 0 Å². The number of rotatable bonds is 3. The first-order chi connectivity index (χ1) is 7.58. The van der Waals surface area contributed by atoms with Crippen LogP contribution in [0, 0.1) is 0 Å². The first-order valence-corrected chi connectivity index (χ1v) is 7.86. The van der Waals surface area contributed by atoms with Crippen molar-refractivity contribution in [2.45, 2.75) is 50.0 Å². The first kappa shape index (κ1) is 12.3. The second-order valence-corrected chi connectivity index (χ2v) is 7.34. The zero-order valence-electron chi connectivity index (χ0n) is 9.81. The van der Waals surface area contributed by atoms with E-state index in [1.165, 1.54) is 0 Å². The topological polar surface area (TPSA) is 55.4 Å². The van der Waals surface area contributed by atoms with E-state index in [1.807, 2.05) is 0 Å². The fraction of sp³-hybridized carbons (Fsp3) is 1.00. The van der Waals surface area contributed by atoms with Crippen molar-refractivity contribution in [3.8, 4) is 0 Å². The Morgan fingerprint density at radius 3 is 2.81 bits per heavy atom. The molecule has 0 aromatic heterocycles. The molecule has 5 heteroatoms. The number of hydrogen-bond acceptors (Lipinski definition) is 4. The second kappa shape index (κ2) is 5.02. The van der Waals surface area contributed by atoms with Crippen molar-refractivity contribution < 1.29 is 13.2 Å². The van der Waals surface area contributed by atoms with Crippen LogP contribution in [0.5, 0.6) is 0 Å². The van der Waals surface area contributed by atoms with Crippen LogP contribution in [0.4, 0.5) is 0 Å². The van der Waals surface area contributed by atoms with Crippen molar-refractivity contribution in [2.24, 2.45) is 0 Å². The highest BCUT2D eigenvalue weighted by atomic mass is 32.2. The third-order valence-electron chi connectivity index (χ3n) is 3.58. The van der Waals surface area contributed by atoms with Crippen molar-refractivity contribution in [2.75, 3.05) is 18.9 Å². The molecular formula is C11H21NO3S. The van der Waals surface area contributed by atoms with Gasteiger partial charge in [-0.1, -0.05) is 0 Å². The highest BCUT2D eigenvalue weighted by molar-refractivity contribution is 7.92. The van der Waals surface area contributed by atoms with Crippen molar-refractivity contribution >= 4 is 9.84 Å². The molecule has 0 aromatic carbocycles. The molecule has 4 nitrogen and oxygen atoms in total. The molecule has 0 bridgehead atoms. The van der Waals surface area contributed by atoms with Crippen LogP contribution in [0.2, 0.25) is 0 Å². The number of sulfone groups is 1. The molecule has 2 aliphatic rings. The van der Waals surface area contributed by atoms with Crippen LogP contribution in [-0.2, 0) is 14.6 Å². The minimum atomic E-state index is -2.80. The second-order valence-electron chi connectivity index (χ2n) is 4.94. The van der Waals surface area contributed by atoms with Gasteiger partial charge in [0.25, 0.3) is 0 Å². The summed E-state index contributed by atoms with van der Waals surface area (Å²) in [5.41, 5.74) is 0. The average Bonchev–Trinajstić information content (AvgIpc) is 2.55. The predicted molar refractivity (Wildman–Crippen MR) is 63.2 cm³/mol. The van der Waals surface area contributed by atoms with E-state index in [-0.39, 0.29) is 5.25 Å². The van der Waals surface area contributed by atoms with Crippen LogP contribution in [0.1, 0.15) is 32.6 Å². The lowest BCUT2D eigenvalue weighted by Gasteiger charge is -2.28. The fourth-order valence-corrected chi connectivity index (χ4v) is 4.35. The number of nitrogens with one attached hydrogen (secondary N) is 1. The van der Waals surface area contributed by atoms with Crippen LogP contribution in [-0.4, -0.2) is 44.7 Å². The van der Waals surface area contributed by atoms with Crippen molar-refractivity contribution in [1.82, 2.24) is 5.32 Å². The molecule has 94 valence electrons. The Bertz CT molecular complexity index is 328. The summed E-state index contributed by atoms with van der Waals surface area (Å²) in [5.74, 6) is 0.378. The summed E-state index contributed by atoms with van der Waals surface area (Å²) < 4.78 is 28.7. The smallest absolute Gasteiger partial charge is 0.154 e. The molecule has 2 saturated heterocycles. The average molecular weight is 247 g/mol. The van der Waals surface area contributed by atoms with E-state index < -0.39 is 9.84 Å². The van der Waals surface area contributed by atoms with Gasteiger partial charge in [-0.05, 0) is 32.6 Å². The molecular weight excluding hydrogens is 226 g/mol. The maximum absolute atomic E-state index is 11.6. The van der Waals surface area contributed by atoms with E-state index in [4.69, 9.17) is 4.74 Å². The molecule has 0 amide bonds. The molecule has 3 atom stereocenters. The fourth-order valence-electron chi connectivity index (χ4n) is 2.57. The van der Waals surface area contributed by atoms with Gasteiger partial charge < -0.3 is 10.1 Å². The molecule has 1 N–H and O–H groups in total. The molecule has 0 spiro atoms. The lowest BCUT2D eigenvalue weighted by atomic mass is 10.0. The van der Waals surface area contributed by atoms with Gasteiger partial charge in [0.1, 0.15) is 0 Å². The van der Waals surface area contributed by atoms with Gasteiger partial charge in [0.15, 0.2) is 9.84 Å². The summed E-state index contributed by atoms with van der Waals surface area (Å²) in [5, 5.41) is 3.24. The summed E-state index contributed by atoms with van der Waals surface area (Å²) in [4.78, 5) is 0. The zero-order chi connectivity index (χ0) is 11.6. The quantitative estimate of drug-likeness (QED) is 0.798. The zero-order valence-corrected chi connectivity index (χ0v) is 10.6. The van der Waals surface area contributed by atoms with E-state index in [0.717, 1.165) is 32.3 Å². The molecule has 2 heterocycles. The molecule has 2 fully saturated rings. The third kappa shape index (κ3) is 2.96. The van der Waals surface area contributed by atoms with Gasteiger partial charge in [0.05, 0.1) is 17.1 Å². The molecule has 2 aliphatic heterocycles. The van der Waals surface area contributed by atoms with Gasteiger partial charge >= 0.3 is 0 Å². The Hall–Kier alpha value is -0.130. The highest BCUT2D eigenvalue weighted by Crippen LogP contribution is 2.20. The molecule has 0 aromatic rings. The van der Waals surface area contributed by atoms with Gasteiger partial charge in [-0.2, -0.15) is 0 Å². The number of ether oxygens (including phenoxy) is 1. The van der Waals surface area contributed by atoms with Crippen molar-refractivity contribution in [3.63, 3.8) is 0 Å². The molecule has 0 radical (unpaired) electrons. The van der Waals surface area contributed by atoms with Gasteiger partial charge in [0, 0.05) is 19.2 Å². The Kier molecular flexibility index (Phi) is 3.87. The maximum Gasteiger partial charge on any atom is 0.154 e. The van der Waals surface area contributed by atoms with Crippen LogP contribution >= 0.6 is 0 Å². The highest BCUT2D eigenvalue weighted by Gasteiger charge is 2.31. The normalized spacial score (nSPS) is 38.7. The SMILES string of the molecule is CC1CC(NCC2CCCS2(=O)=O)CCO1. The van der Waals surface area contributed by atoms with E-state index in [1.54, 1.807) is 0 Å². The van der Waals surface area contributed by atoms with E-state index in [2.05, 4.69) is 12.2 Å². The third-order valence-corrected chi connectivity index (χ3v) is 5.86. The summed E-state index contributed by atoms with van der Waals surface area (Å²) in [6.07, 6.45) is 3.95. The summed E-state index contributed by atoms with van der Waals surface area (Å²) >= 11 is 0. The first-order valence-electron chi connectivity index (χ1n) is 6.14. The van der Waals surface area contributed by atoms with Gasteiger partial charge in [-0.15, -0.1) is 0 Å². The predicted octanol–water partition coefficient (Wildman–Crippen LogP) is 0.721. The Morgan fingerprint density at radius 1 is 1.38 bits per heavy atom. The number of hydrogen-bond donors (Lipinski definition) is 1. The lowest BCUT2D eigenvalue weighted by molar-refractivity contribution is 0.0134. The Balaban J connectivity index is 1.79. The van der Waals surface area contributed by atoms with E-state index in [9.17, 15) is 8.42 Å². The molecule has 2 rings (SSSR count). The van der Waals surface area contributed by atoms with E-state index in [0.29, 0.717) is 24.4 Å². The van der Waals surface area contributed by atoms with Crippen LogP contribution in [0.15, 0.2) is 0 Å². The summed E-state index contributed by atoms with van der Waals surface area (Å²) in [7, 11) is -2.80. The minimum Gasteiger partial charge on any atom is -0.378 e.